The fourth-order valence-corrected chi connectivity index (χ4v) is 6.02. The number of allylic oxidation sites excluding steroid dienone is 4. The van der Waals surface area contributed by atoms with E-state index in [2.05, 4.69) is 81.1 Å². The summed E-state index contributed by atoms with van der Waals surface area (Å²) >= 11 is 0. The highest BCUT2D eigenvalue weighted by Gasteiger charge is 2.31. The smallest absolute Gasteiger partial charge is 0.148 e. The summed E-state index contributed by atoms with van der Waals surface area (Å²) in [6.45, 7) is 11.6. The van der Waals surface area contributed by atoms with Crippen LogP contribution in [0.3, 0.4) is 0 Å². The van der Waals surface area contributed by atoms with Crippen LogP contribution in [-0.2, 0) is 7.05 Å². The number of nitrogens with zero attached hydrogens (tertiary/aromatic N) is 1. The molecule has 2 nitrogen and oxygen atoms in total. The topological polar surface area (TPSA) is 17.0 Å². The van der Waals surface area contributed by atoms with E-state index in [4.69, 9.17) is 0 Å². The Morgan fingerprint density at radius 1 is 1.26 bits per heavy atom. The van der Waals surface area contributed by atoms with Crippen molar-refractivity contribution in [2.75, 3.05) is 0 Å². The first-order chi connectivity index (χ1) is 8.67. The van der Waals surface area contributed by atoms with E-state index >= 15 is 0 Å². The molecule has 0 aromatic carbocycles. The fourth-order valence-electron chi connectivity index (χ4n) is 2.85. The van der Waals surface area contributed by atoms with Crippen molar-refractivity contribution in [2.24, 2.45) is 7.05 Å². The van der Waals surface area contributed by atoms with Crippen LogP contribution in [0.2, 0.25) is 13.1 Å². The van der Waals surface area contributed by atoms with Crippen LogP contribution in [0.1, 0.15) is 32.8 Å². The van der Waals surface area contributed by atoms with Crippen LogP contribution in [0.4, 0.5) is 0 Å². The predicted octanol–water partition coefficient (Wildman–Crippen LogP) is 3.87. The van der Waals surface area contributed by atoms with Gasteiger partial charge in [-0.3, -0.25) is 0 Å². The highest BCUT2D eigenvalue weighted by molar-refractivity contribution is 6.82. The Balaban J connectivity index is 2.17. The van der Waals surface area contributed by atoms with Crippen LogP contribution in [0.5, 0.6) is 0 Å². The Labute approximate surface area is 118 Å². The molecular weight excluding hydrogens is 248 g/mol. The minimum atomic E-state index is -1.52. The van der Waals surface area contributed by atoms with Gasteiger partial charge in [0.2, 0.25) is 0 Å². The molecule has 0 spiro atoms. The van der Waals surface area contributed by atoms with Gasteiger partial charge in [0, 0.05) is 25.0 Å². The molecule has 0 amide bonds. The van der Waals surface area contributed by atoms with E-state index in [1.54, 1.807) is 5.20 Å². The molecule has 0 fully saturated rings. The largest absolute Gasteiger partial charge is 0.357 e. The molecule has 0 aliphatic heterocycles. The molecule has 0 atom stereocenters. The van der Waals surface area contributed by atoms with Gasteiger partial charge in [-0.15, -0.1) is 0 Å². The maximum absolute atomic E-state index is 3.85. The molecule has 2 rings (SSSR count). The number of nitrogens with one attached hydrogen (secondary N) is 1. The zero-order valence-electron chi connectivity index (χ0n) is 13.0. The minimum absolute atomic E-state index is 0.187. The van der Waals surface area contributed by atoms with E-state index in [0.29, 0.717) is 0 Å². The minimum Gasteiger partial charge on any atom is -0.357 e. The van der Waals surface area contributed by atoms with E-state index in [0.717, 1.165) is 6.42 Å². The van der Waals surface area contributed by atoms with E-state index in [-0.39, 0.29) is 5.54 Å². The summed E-state index contributed by atoms with van der Waals surface area (Å²) < 4.78 is 2.11. The van der Waals surface area contributed by atoms with Crippen LogP contribution in [0, 0.1) is 0 Å². The maximum atomic E-state index is 3.85. The molecule has 1 aromatic rings. The lowest BCUT2D eigenvalue weighted by Gasteiger charge is -2.34. The maximum Gasteiger partial charge on any atom is 0.148 e. The quantitative estimate of drug-likeness (QED) is 0.828. The molecule has 0 saturated heterocycles. The zero-order chi connectivity index (χ0) is 14.3. The number of aryl methyl sites for hydroxylation is 1. The molecule has 0 radical (unpaired) electrons. The number of aromatic nitrogens is 1. The van der Waals surface area contributed by atoms with Gasteiger partial charge in [-0.25, -0.2) is 0 Å². The molecule has 1 aliphatic rings. The van der Waals surface area contributed by atoms with Crippen molar-refractivity contribution >= 4 is 13.8 Å². The average molecular weight is 274 g/mol. The van der Waals surface area contributed by atoms with Crippen molar-refractivity contribution in [3.8, 4) is 0 Å². The van der Waals surface area contributed by atoms with E-state index in [1.807, 2.05) is 0 Å². The van der Waals surface area contributed by atoms with Crippen molar-refractivity contribution < 1.29 is 0 Å². The molecular formula is C16H26N2Si. The molecule has 1 aromatic heterocycles. The molecule has 1 aliphatic carbocycles. The van der Waals surface area contributed by atoms with Gasteiger partial charge in [0.25, 0.3) is 0 Å². The first-order valence-electron chi connectivity index (χ1n) is 7.00. The molecule has 0 unspecified atom stereocenters. The highest BCUT2D eigenvalue weighted by atomic mass is 28.3. The van der Waals surface area contributed by atoms with Crippen LogP contribution in [-0.4, -0.2) is 18.3 Å². The molecule has 1 heterocycles. The molecule has 0 bridgehead atoms. The van der Waals surface area contributed by atoms with Crippen LogP contribution >= 0.6 is 0 Å². The summed E-state index contributed by atoms with van der Waals surface area (Å²) in [5, 5.41) is 1.60. The third kappa shape index (κ3) is 3.48. The Morgan fingerprint density at radius 3 is 2.47 bits per heavy atom. The summed E-state index contributed by atoms with van der Waals surface area (Å²) in [5.74, 6) is 0. The normalized spacial score (nSPS) is 16.5. The van der Waals surface area contributed by atoms with Crippen LogP contribution < -0.4 is 4.98 Å². The molecule has 19 heavy (non-hydrogen) atoms. The van der Waals surface area contributed by atoms with Crippen molar-refractivity contribution in [3.05, 3.63) is 41.4 Å². The van der Waals surface area contributed by atoms with E-state index in [9.17, 15) is 0 Å². The van der Waals surface area contributed by atoms with Gasteiger partial charge in [-0.05, 0) is 44.4 Å². The number of rotatable bonds is 3. The summed E-state index contributed by atoms with van der Waals surface area (Å²) in [5.41, 5.74) is 2.90. The van der Waals surface area contributed by atoms with E-state index in [1.165, 1.54) is 11.1 Å². The van der Waals surface area contributed by atoms with Gasteiger partial charge in [0.05, 0.1) is 0 Å². The van der Waals surface area contributed by atoms with Crippen molar-refractivity contribution in [1.82, 2.24) is 9.55 Å². The van der Waals surface area contributed by atoms with Crippen LogP contribution in [0.15, 0.2) is 35.8 Å². The Morgan fingerprint density at radius 2 is 1.95 bits per heavy atom. The summed E-state index contributed by atoms with van der Waals surface area (Å²) in [6.07, 6.45) is 10.2. The van der Waals surface area contributed by atoms with Crippen molar-refractivity contribution in [3.63, 3.8) is 0 Å². The predicted molar refractivity (Wildman–Crippen MR) is 86.5 cm³/mol. The number of hydrogen-bond donors (Lipinski definition) is 1. The second kappa shape index (κ2) is 4.80. The Bertz CT molecular complexity index is 527. The lowest BCUT2D eigenvalue weighted by atomic mass is 10.1. The van der Waals surface area contributed by atoms with Gasteiger partial charge in [-0.2, -0.15) is 0 Å². The second-order valence-electron chi connectivity index (χ2n) is 7.10. The van der Waals surface area contributed by atoms with Gasteiger partial charge < -0.3 is 9.55 Å². The molecule has 3 heteroatoms. The number of hydrogen-bond acceptors (Lipinski definition) is 1. The first kappa shape index (κ1) is 14.3. The summed E-state index contributed by atoms with van der Waals surface area (Å²) in [7, 11) is 0.552. The molecule has 104 valence electrons. The third-order valence-electron chi connectivity index (χ3n) is 3.53. The fraction of sp³-hybridized carbons (Fsp3) is 0.500. The summed E-state index contributed by atoms with van der Waals surface area (Å²) in [4.78, 5) is 3.85. The second-order valence-corrected chi connectivity index (χ2v) is 11.2. The lowest BCUT2D eigenvalue weighted by Crippen LogP contribution is -2.55. The van der Waals surface area contributed by atoms with Crippen LogP contribution in [0.25, 0.3) is 5.57 Å². The van der Waals surface area contributed by atoms with Gasteiger partial charge in [0.1, 0.15) is 8.24 Å². The summed E-state index contributed by atoms with van der Waals surface area (Å²) in [6, 6.07) is 2.19. The van der Waals surface area contributed by atoms with Crippen molar-refractivity contribution in [1.29, 1.82) is 0 Å². The standard InChI is InChI=1S/C16H26N2Si/c1-16(2,3)17-19(5,6)15-8-7-13(11-15)14-9-10-18(4)12-14/h7,9-12,17H,8H2,1-6H3. The van der Waals surface area contributed by atoms with Gasteiger partial charge >= 0.3 is 0 Å². The Hall–Kier alpha value is -1.06. The van der Waals surface area contributed by atoms with E-state index < -0.39 is 8.24 Å². The SMILES string of the molecule is Cn1ccc(C2=CCC([Si](C)(C)NC(C)(C)C)=C2)c1. The Kier molecular flexibility index (Phi) is 3.62. The van der Waals surface area contributed by atoms with Gasteiger partial charge in [0.15, 0.2) is 0 Å². The van der Waals surface area contributed by atoms with Crippen molar-refractivity contribution in [2.45, 2.75) is 45.8 Å². The first-order valence-corrected chi connectivity index (χ1v) is 10.0. The molecule has 0 saturated carbocycles. The lowest BCUT2D eigenvalue weighted by molar-refractivity contribution is 0.513. The van der Waals surface area contributed by atoms with Gasteiger partial charge in [-0.1, -0.05) is 30.4 Å². The molecule has 1 N–H and O–H groups in total. The monoisotopic (exact) mass is 274 g/mol. The zero-order valence-corrected chi connectivity index (χ0v) is 14.0. The average Bonchev–Trinajstić information content (AvgIpc) is 2.81. The highest BCUT2D eigenvalue weighted by Crippen LogP contribution is 2.31. The third-order valence-corrected chi connectivity index (χ3v) is 6.86.